The van der Waals surface area contributed by atoms with E-state index in [9.17, 15) is 4.79 Å². The van der Waals surface area contributed by atoms with Crippen LogP contribution in [0.4, 0.5) is 0 Å². The van der Waals surface area contributed by atoms with Crippen LogP contribution < -0.4 is 5.32 Å². The van der Waals surface area contributed by atoms with Crippen LogP contribution in [0.3, 0.4) is 0 Å². The van der Waals surface area contributed by atoms with Crippen LogP contribution in [-0.2, 0) is 27.7 Å². The third-order valence-electron chi connectivity index (χ3n) is 5.17. The Morgan fingerprint density at radius 3 is 2.74 bits per heavy atom. The number of carbonyl (C=O) groups is 1. The van der Waals surface area contributed by atoms with Gasteiger partial charge in [0.15, 0.2) is 5.79 Å². The Bertz CT molecular complexity index is 576. The van der Waals surface area contributed by atoms with Crippen molar-refractivity contribution in [2.75, 3.05) is 13.2 Å². The van der Waals surface area contributed by atoms with E-state index in [0.717, 1.165) is 43.5 Å². The maximum atomic E-state index is 12.4. The van der Waals surface area contributed by atoms with Gasteiger partial charge in [-0.2, -0.15) is 5.10 Å². The van der Waals surface area contributed by atoms with Gasteiger partial charge in [0.1, 0.15) is 0 Å². The largest absolute Gasteiger partial charge is 0.348 e. The Kier molecular flexibility index (Phi) is 4.73. The first-order valence-corrected chi connectivity index (χ1v) is 8.58. The zero-order valence-electron chi connectivity index (χ0n) is 14.4. The SMILES string of the molecule is Cc1nn(C)c(C)c1CCC(=O)N[C@@H]1CCCCC12OCCO2. The van der Waals surface area contributed by atoms with Gasteiger partial charge in [-0.05, 0) is 38.7 Å². The second-order valence-electron chi connectivity index (χ2n) is 6.65. The molecule has 6 heteroatoms. The minimum atomic E-state index is -0.575. The summed E-state index contributed by atoms with van der Waals surface area (Å²) in [5.74, 6) is -0.508. The lowest BCUT2D eigenvalue weighted by Crippen LogP contribution is -2.55. The van der Waals surface area contributed by atoms with Crippen molar-refractivity contribution in [1.82, 2.24) is 15.1 Å². The van der Waals surface area contributed by atoms with Gasteiger partial charge in [0.05, 0.1) is 24.9 Å². The van der Waals surface area contributed by atoms with Crippen molar-refractivity contribution in [3.05, 3.63) is 17.0 Å². The smallest absolute Gasteiger partial charge is 0.220 e. The van der Waals surface area contributed by atoms with Crippen LogP contribution in [0.1, 0.15) is 49.1 Å². The van der Waals surface area contributed by atoms with Gasteiger partial charge in [0.2, 0.25) is 5.91 Å². The number of carbonyl (C=O) groups excluding carboxylic acids is 1. The van der Waals surface area contributed by atoms with Gasteiger partial charge in [-0.1, -0.05) is 6.42 Å². The summed E-state index contributed by atoms with van der Waals surface area (Å²) < 4.78 is 13.6. The number of ether oxygens (including phenoxy) is 2. The summed E-state index contributed by atoms with van der Waals surface area (Å²) in [5, 5.41) is 7.56. The molecule has 1 saturated heterocycles. The van der Waals surface area contributed by atoms with E-state index >= 15 is 0 Å². The normalized spacial score (nSPS) is 23.3. The predicted octanol–water partition coefficient (Wildman–Crippen LogP) is 1.77. The van der Waals surface area contributed by atoms with Gasteiger partial charge in [0.25, 0.3) is 0 Å². The monoisotopic (exact) mass is 321 g/mol. The van der Waals surface area contributed by atoms with Gasteiger partial charge >= 0.3 is 0 Å². The lowest BCUT2D eigenvalue weighted by atomic mass is 9.88. The average molecular weight is 321 g/mol. The number of hydrogen-bond acceptors (Lipinski definition) is 4. The van der Waals surface area contributed by atoms with E-state index in [2.05, 4.69) is 10.4 Å². The first-order chi connectivity index (χ1) is 11.0. The lowest BCUT2D eigenvalue weighted by molar-refractivity contribution is -0.196. The molecule has 1 aromatic rings. The summed E-state index contributed by atoms with van der Waals surface area (Å²) in [4.78, 5) is 12.4. The molecular weight excluding hydrogens is 294 g/mol. The van der Waals surface area contributed by atoms with Crippen molar-refractivity contribution < 1.29 is 14.3 Å². The molecule has 2 aliphatic rings. The molecule has 3 rings (SSSR count). The zero-order valence-corrected chi connectivity index (χ0v) is 14.4. The summed E-state index contributed by atoms with van der Waals surface area (Å²) in [7, 11) is 1.94. The molecule has 1 aromatic heterocycles. The minimum Gasteiger partial charge on any atom is -0.348 e. The van der Waals surface area contributed by atoms with Crippen LogP contribution in [0.25, 0.3) is 0 Å². The number of nitrogens with one attached hydrogen (secondary N) is 1. The minimum absolute atomic E-state index is 0.0256. The molecule has 23 heavy (non-hydrogen) atoms. The van der Waals surface area contributed by atoms with Crippen LogP contribution in [-0.4, -0.2) is 40.7 Å². The van der Waals surface area contributed by atoms with Crippen LogP contribution in [0, 0.1) is 13.8 Å². The molecule has 1 atom stereocenters. The predicted molar refractivity (Wildman–Crippen MR) is 86.0 cm³/mol. The average Bonchev–Trinajstić information content (AvgIpc) is 3.07. The molecule has 0 aromatic carbocycles. The van der Waals surface area contributed by atoms with Crippen LogP contribution in [0.15, 0.2) is 0 Å². The van der Waals surface area contributed by atoms with Crippen molar-refractivity contribution >= 4 is 5.91 Å². The molecule has 0 bridgehead atoms. The van der Waals surface area contributed by atoms with Gasteiger partial charge < -0.3 is 14.8 Å². The Morgan fingerprint density at radius 1 is 1.35 bits per heavy atom. The molecule has 0 unspecified atom stereocenters. The summed E-state index contributed by atoms with van der Waals surface area (Å²) in [5.41, 5.74) is 3.32. The number of rotatable bonds is 4. The highest BCUT2D eigenvalue weighted by molar-refractivity contribution is 5.76. The Balaban J connectivity index is 1.58. The maximum Gasteiger partial charge on any atom is 0.220 e. The molecule has 128 valence electrons. The maximum absolute atomic E-state index is 12.4. The fraction of sp³-hybridized carbons (Fsp3) is 0.765. The molecule has 1 saturated carbocycles. The Hall–Kier alpha value is -1.40. The highest BCUT2D eigenvalue weighted by Gasteiger charge is 2.46. The van der Waals surface area contributed by atoms with Crippen molar-refractivity contribution in [3.63, 3.8) is 0 Å². The van der Waals surface area contributed by atoms with Crippen LogP contribution in [0.2, 0.25) is 0 Å². The fourth-order valence-corrected chi connectivity index (χ4v) is 3.80. The lowest BCUT2D eigenvalue weighted by Gasteiger charge is -2.39. The first kappa shape index (κ1) is 16.5. The van der Waals surface area contributed by atoms with Gasteiger partial charge in [-0.15, -0.1) is 0 Å². The number of aryl methyl sites for hydroxylation is 2. The summed E-state index contributed by atoms with van der Waals surface area (Å²) in [6.45, 7) is 5.29. The zero-order chi connectivity index (χ0) is 16.4. The van der Waals surface area contributed by atoms with Crippen molar-refractivity contribution in [1.29, 1.82) is 0 Å². The van der Waals surface area contributed by atoms with Crippen LogP contribution in [0.5, 0.6) is 0 Å². The Morgan fingerprint density at radius 2 is 2.09 bits per heavy atom. The van der Waals surface area contributed by atoms with Crippen LogP contribution >= 0.6 is 0 Å². The third kappa shape index (κ3) is 3.28. The van der Waals surface area contributed by atoms with Gasteiger partial charge in [-0.3, -0.25) is 9.48 Å². The standard InChI is InChI=1S/C17H27N3O3/c1-12-14(13(2)20(3)19-12)7-8-16(21)18-15-6-4-5-9-17(15)22-10-11-23-17/h15H,4-11H2,1-3H3,(H,18,21)/t15-/m1/s1. The molecule has 0 radical (unpaired) electrons. The van der Waals surface area contributed by atoms with E-state index in [1.165, 1.54) is 5.56 Å². The van der Waals surface area contributed by atoms with E-state index in [-0.39, 0.29) is 11.9 Å². The summed E-state index contributed by atoms with van der Waals surface area (Å²) >= 11 is 0. The van der Waals surface area contributed by atoms with E-state index in [1.54, 1.807) is 0 Å². The molecular formula is C17H27N3O3. The molecule has 2 heterocycles. The van der Waals surface area contributed by atoms with E-state index in [1.807, 2.05) is 25.6 Å². The van der Waals surface area contributed by atoms with E-state index in [4.69, 9.17) is 9.47 Å². The number of nitrogens with zero attached hydrogens (tertiary/aromatic N) is 2. The summed E-state index contributed by atoms with van der Waals surface area (Å²) in [6.07, 6.45) is 5.20. The number of aromatic nitrogens is 2. The molecule has 1 aliphatic carbocycles. The molecule has 2 fully saturated rings. The van der Waals surface area contributed by atoms with Gasteiger partial charge in [-0.25, -0.2) is 0 Å². The molecule has 1 N–H and O–H groups in total. The molecule has 1 amide bonds. The Labute approximate surface area is 137 Å². The second kappa shape index (κ2) is 6.61. The number of amides is 1. The summed E-state index contributed by atoms with van der Waals surface area (Å²) in [6, 6.07) is -0.0256. The van der Waals surface area contributed by atoms with E-state index in [0.29, 0.717) is 19.6 Å². The van der Waals surface area contributed by atoms with Crippen molar-refractivity contribution in [2.45, 2.75) is 64.2 Å². The molecule has 1 aliphatic heterocycles. The first-order valence-electron chi connectivity index (χ1n) is 8.58. The highest BCUT2D eigenvalue weighted by Crippen LogP contribution is 2.36. The second-order valence-corrected chi connectivity index (χ2v) is 6.65. The highest BCUT2D eigenvalue weighted by atomic mass is 16.7. The van der Waals surface area contributed by atoms with Gasteiger partial charge in [0, 0.05) is 25.6 Å². The number of hydrogen-bond donors (Lipinski definition) is 1. The quantitative estimate of drug-likeness (QED) is 0.918. The topological polar surface area (TPSA) is 65.4 Å². The third-order valence-corrected chi connectivity index (χ3v) is 5.17. The van der Waals surface area contributed by atoms with Crippen molar-refractivity contribution in [2.24, 2.45) is 7.05 Å². The fourth-order valence-electron chi connectivity index (χ4n) is 3.80. The van der Waals surface area contributed by atoms with Crippen molar-refractivity contribution in [3.8, 4) is 0 Å². The molecule has 1 spiro atoms. The van der Waals surface area contributed by atoms with E-state index < -0.39 is 5.79 Å². The molecule has 6 nitrogen and oxygen atoms in total.